The molecule has 3 rings (SSSR count). The van der Waals surface area contributed by atoms with Crippen molar-refractivity contribution in [3.05, 3.63) is 47.3 Å². The number of methoxy groups -OCH3 is 1. The van der Waals surface area contributed by atoms with Crippen molar-refractivity contribution in [3.63, 3.8) is 0 Å². The Morgan fingerprint density at radius 2 is 2.04 bits per heavy atom. The number of H-pyrrole nitrogens is 1. The van der Waals surface area contributed by atoms with Crippen LogP contribution in [0.4, 0.5) is 0 Å². The van der Waals surface area contributed by atoms with Crippen molar-refractivity contribution >= 4 is 5.91 Å². The van der Waals surface area contributed by atoms with Gasteiger partial charge in [-0.05, 0) is 43.5 Å². The average molecular weight is 313 g/mol. The second kappa shape index (κ2) is 6.86. The number of rotatable bonds is 3. The highest BCUT2D eigenvalue weighted by molar-refractivity contribution is 5.92. The van der Waals surface area contributed by atoms with E-state index in [9.17, 15) is 4.79 Å². The van der Waals surface area contributed by atoms with E-state index in [1.165, 1.54) is 0 Å². The Morgan fingerprint density at radius 3 is 2.70 bits per heavy atom. The molecule has 0 radical (unpaired) electrons. The number of nitrogens with one attached hydrogen (secondary N) is 1. The second-order valence-electron chi connectivity index (χ2n) is 6.07. The number of benzene rings is 1. The van der Waals surface area contributed by atoms with Crippen molar-refractivity contribution < 1.29 is 9.53 Å². The number of hydrogen-bond donors (Lipinski definition) is 1. The fourth-order valence-electron chi connectivity index (χ4n) is 3.20. The van der Waals surface area contributed by atoms with E-state index in [1.54, 1.807) is 7.11 Å². The molecule has 1 saturated heterocycles. The summed E-state index contributed by atoms with van der Waals surface area (Å²) in [7, 11) is 1.66. The zero-order valence-electron chi connectivity index (χ0n) is 13.7. The van der Waals surface area contributed by atoms with Crippen LogP contribution in [0.3, 0.4) is 0 Å². The zero-order chi connectivity index (χ0) is 16.2. The summed E-state index contributed by atoms with van der Waals surface area (Å²) >= 11 is 0. The Labute approximate surface area is 136 Å². The highest BCUT2D eigenvalue weighted by atomic mass is 16.5. The van der Waals surface area contributed by atoms with Crippen LogP contribution in [0.15, 0.2) is 30.3 Å². The van der Waals surface area contributed by atoms with Gasteiger partial charge in [-0.15, -0.1) is 0 Å². The maximum atomic E-state index is 12.9. The number of amides is 1. The van der Waals surface area contributed by atoms with Crippen molar-refractivity contribution in [2.75, 3.05) is 13.7 Å². The fraction of sp³-hybridized carbons (Fsp3) is 0.444. The molecule has 1 aliphatic heterocycles. The van der Waals surface area contributed by atoms with Crippen molar-refractivity contribution in [2.45, 2.75) is 38.6 Å². The van der Waals surface area contributed by atoms with E-state index < -0.39 is 0 Å². The van der Waals surface area contributed by atoms with Gasteiger partial charge in [0.25, 0.3) is 5.91 Å². The van der Waals surface area contributed by atoms with Crippen LogP contribution in [0.2, 0.25) is 0 Å². The third-order valence-corrected chi connectivity index (χ3v) is 4.44. The summed E-state index contributed by atoms with van der Waals surface area (Å²) in [5, 5.41) is 7.00. The number of carbonyl (C=O) groups is 1. The summed E-state index contributed by atoms with van der Waals surface area (Å²) in [6, 6.07) is 9.96. The van der Waals surface area contributed by atoms with E-state index in [2.05, 4.69) is 22.3 Å². The summed E-state index contributed by atoms with van der Waals surface area (Å²) in [5.41, 5.74) is 2.57. The van der Waals surface area contributed by atoms with Gasteiger partial charge in [0.1, 0.15) is 11.4 Å². The van der Waals surface area contributed by atoms with Crippen molar-refractivity contribution in [2.24, 2.45) is 0 Å². The quantitative estimate of drug-likeness (QED) is 0.943. The van der Waals surface area contributed by atoms with Crippen molar-refractivity contribution in [1.82, 2.24) is 15.1 Å². The first-order valence-electron chi connectivity index (χ1n) is 8.16. The number of aryl methyl sites for hydroxylation is 1. The van der Waals surface area contributed by atoms with Gasteiger partial charge in [0.2, 0.25) is 0 Å². The topological polar surface area (TPSA) is 58.2 Å². The minimum Gasteiger partial charge on any atom is -0.497 e. The summed E-state index contributed by atoms with van der Waals surface area (Å²) < 4.78 is 5.23. The van der Waals surface area contributed by atoms with Gasteiger partial charge >= 0.3 is 0 Å². The van der Waals surface area contributed by atoms with Crippen LogP contribution in [0.25, 0.3) is 0 Å². The normalized spacial score (nSPS) is 18.5. The van der Waals surface area contributed by atoms with Crippen LogP contribution in [0, 0.1) is 6.92 Å². The predicted octanol–water partition coefficient (Wildman–Crippen LogP) is 3.48. The number of hydrogen-bond acceptors (Lipinski definition) is 3. The van der Waals surface area contributed by atoms with Crippen LogP contribution in [-0.4, -0.2) is 34.7 Å². The molecule has 5 heteroatoms. The lowest BCUT2D eigenvalue weighted by Gasteiger charge is -2.30. The van der Waals surface area contributed by atoms with E-state index in [4.69, 9.17) is 4.74 Å². The van der Waals surface area contributed by atoms with Crippen molar-refractivity contribution in [1.29, 1.82) is 0 Å². The largest absolute Gasteiger partial charge is 0.497 e. The molecule has 1 fully saturated rings. The molecule has 1 aromatic heterocycles. The molecule has 1 aromatic carbocycles. The van der Waals surface area contributed by atoms with Gasteiger partial charge in [0.15, 0.2) is 0 Å². The van der Waals surface area contributed by atoms with Gasteiger partial charge in [0, 0.05) is 12.2 Å². The molecule has 2 heterocycles. The van der Waals surface area contributed by atoms with Gasteiger partial charge in [-0.1, -0.05) is 25.0 Å². The summed E-state index contributed by atoms with van der Waals surface area (Å²) in [4.78, 5) is 14.9. The second-order valence-corrected chi connectivity index (χ2v) is 6.07. The van der Waals surface area contributed by atoms with Gasteiger partial charge in [-0.25, -0.2) is 0 Å². The third-order valence-electron chi connectivity index (χ3n) is 4.44. The molecule has 0 unspecified atom stereocenters. The Hall–Kier alpha value is -2.30. The summed E-state index contributed by atoms with van der Waals surface area (Å²) in [6.07, 6.45) is 4.33. The van der Waals surface area contributed by atoms with Gasteiger partial charge in [-0.3, -0.25) is 9.89 Å². The SMILES string of the molecule is COc1ccc([C@H]2CCCCCN2C(=O)c2cc(C)[nH]n2)cc1. The molecule has 0 aliphatic carbocycles. The van der Waals surface area contributed by atoms with Crippen LogP contribution in [0.5, 0.6) is 5.75 Å². The van der Waals surface area contributed by atoms with Gasteiger partial charge in [-0.2, -0.15) is 5.10 Å². The Balaban J connectivity index is 1.88. The smallest absolute Gasteiger partial charge is 0.274 e. The lowest BCUT2D eigenvalue weighted by Crippen LogP contribution is -2.35. The molecule has 2 aromatic rings. The number of carbonyl (C=O) groups excluding carboxylic acids is 1. The highest BCUT2D eigenvalue weighted by Crippen LogP contribution is 2.32. The van der Waals surface area contributed by atoms with E-state index in [0.717, 1.165) is 49.2 Å². The van der Waals surface area contributed by atoms with Crippen LogP contribution in [-0.2, 0) is 0 Å². The minimum absolute atomic E-state index is 0.0112. The first kappa shape index (κ1) is 15.6. The van der Waals surface area contributed by atoms with E-state index in [-0.39, 0.29) is 11.9 Å². The first-order chi connectivity index (χ1) is 11.2. The molecular weight excluding hydrogens is 290 g/mol. The maximum absolute atomic E-state index is 12.9. The zero-order valence-corrected chi connectivity index (χ0v) is 13.7. The van der Waals surface area contributed by atoms with Crippen LogP contribution in [0.1, 0.15) is 53.5 Å². The molecule has 1 atom stereocenters. The number of nitrogens with zero attached hydrogens (tertiary/aromatic N) is 2. The fourth-order valence-corrected chi connectivity index (χ4v) is 3.20. The lowest BCUT2D eigenvalue weighted by atomic mass is 10.0. The molecule has 1 N–H and O–H groups in total. The van der Waals surface area contributed by atoms with Crippen LogP contribution < -0.4 is 4.74 Å². The molecule has 1 amide bonds. The summed E-state index contributed by atoms with van der Waals surface area (Å²) in [6.45, 7) is 2.69. The maximum Gasteiger partial charge on any atom is 0.274 e. The van der Waals surface area contributed by atoms with Crippen LogP contribution >= 0.6 is 0 Å². The number of likely N-dealkylation sites (tertiary alicyclic amines) is 1. The molecule has 0 bridgehead atoms. The van der Waals surface area contributed by atoms with Crippen molar-refractivity contribution in [3.8, 4) is 5.75 Å². The molecule has 5 nitrogen and oxygen atoms in total. The molecule has 0 saturated carbocycles. The third kappa shape index (κ3) is 3.38. The molecule has 1 aliphatic rings. The van der Waals surface area contributed by atoms with E-state index >= 15 is 0 Å². The van der Waals surface area contributed by atoms with Gasteiger partial charge < -0.3 is 9.64 Å². The molecule has 23 heavy (non-hydrogen) atoms. The monoisotopic (exact) mass is 313 g/mol. The van der Waals surface area contributed by atoms with E-state index in [1.807, 2.05) is 30.0 Å². The predicted molar refractivity (Wildman–Crippen MR) is 88.6 cm³/mol. The number of aromatic nitrogens is 2. The molecule has 0 spiro atoms. The lowest BCUT2D eigenvalue weighted by molar-refractivity contribution is 0.0674. The number of aromatic amines is 1. The minimum atomic E-state index is 0.0112. The number of ether oxygens (including phenoxy) is 1. The van der Waals surface area contributed by atoms with E-state index in [0.29, 0.717) is 5.69 Å². The summed E-state index contributed by atoms with van der Waals surface area (Å²) in [5.74, 6) is 0.847. The Morgan fingerprint density at radius 1 is 1.26 bits per heavy atom. The standard InChI is InChI=1S/C18H23N3O2/c1-13-12-16(20-19-13)18(22)21-11-5-3-4-6-17(21)14-7-9-15(23-2)10-8-14/h7-10,12,17H,3-6,11H2,1-2H3,(H,19,20)/t17-/m1/s1. The van der Waals surface area contributed by atoms with Gasteiger partial charge in [0.05, 0.1) is 13.2 Å². The average Bonchev–Trinajstić information content (AvgIpc) is 2.87. The highest BCUT2D eigenvalue weighted by Gasteiger charge is 2.28. The Bertz CT molecular complexity index is 663. The first-order valence-corrected chi connectivity index (χ1v) is 8.16. The Kier molecular flexibility index (Phi) is 4.65. The molecule has 122 valence electrons. The molecular formula is C18H23N3O2.